The van der Waals surface area contributed by atoms with Crippen LogP contribution in [0.4, 0.5) is 13.2 Å². The molecule has 0 aliphatic carbocycles. The molecule has 152 valence electrons. The molecule has 1 aromatic heterocycles. The van der Waals surface area contributed by atoms with E-state index in [0.29, 0.717) is 17.1 Å². The number of imidazole rings is 1. The van der Waals surface area contributed by atoms with Gasteiger partial charge in [0, 0.05) is 12.6 Å². The van der Waals surface area contributed by atoms with Gasteiger partial charge in [-0.05, 0) is 24.1 Å². The van der Waals surface area contributed by atoms with Crippen molar-refractivity contribution in [2.45, 2.75) is 13.1 Å². The second-order valence-corrected chi connectivity index (χ2v) is 6.27. The molecular weight excluding hydrogens is 403 g/mol. The van der Waals surface area contributed by atoms with E-state index in [4.69, 9.17) is 5.73 Å². The van der Waals surface area contributed by atoms with Crippen LogP contribution in [0.3, 0.4) is 0 Å². The van der Waals surface area contributed by atoms with Gasteiger partial charge >= 0.3 is 6.18 Å². The summed E-state index contributed by atoms with van der Waals surface area (Å²) in [6.07, 6.45) is -3.15. The highest BCUT2D eigenvalue weighted by Crippen LogP contribution is 2.40. The van der Waals surface area contributed by atoms with Crippen LogP contribution in [0.15, 0.2) is 60.8 Å². The van der Waals surface area contributed by atoms with E-state index in [9.17, 15) is 18.0 Å². The molecular formula is C21H19ClF3N3O. The molecule has 0 fully saturated rings. The predicted molar refractivity (Wildman–Crippen MR) is 108 cm³/mol. The summed E-state index contributed by atoms with van der Waals surface area (Å²) in [7, 11) is 1.68. The zero-order valence-electron chi connectivity index (χ0n) is 15.7. The van der Waals surface area contributed by atoms with Gasteiger partial charge in [0.15, 0.2) is 0 Å². The standard InChI is InChI=1S/C21H18F3N3O.ClH/c1-13-26-12-17(27(13)2)19(15-10-6-7-11-16(15)21(22,23)24)18(20(25)28)14-8-4-3-5-9-14;/h3-12H,1-2H3,(H2,25,28);1H. The average molecular weight is 422 g/mol. The minimum atomic E-state index is -4.60. The fourth-order valence-corrected chi connectivity index (χ4v) is 3.10. The normalized spacial score (nSPS) is 12.2. The van der Waals surface area contributed by atoms with Crippen LogP contribution < -0.4 is 5.73 Å². The van der Waals surface area contributed by atoms with Crippen molar-refractivity contribution >= 4 is 29.5 Å². The Bertz CT molecular complexity index is 1060. The number of alkyl halides is 3. The lowest BCUT2D eigenvalue weighted by atomic mass is 9.89. The van der Waals surface area contributed by atoms with E-state index in [1.165, 1.54) is 24.4 Å². The van der Waals surface area contributed by atoms with Crippen molar-refractivity contribution in [3.05, 3.63) is 89.0 Å². The van der Waals surface area contributed by atoms with Gasteiger partial charge in [0.05, 0.1) is 23.0 Å². The minimum absolute atomic E-state index is 0. The number of carbonyl (C=O) groups excluding carboxylic acids is 1. The van der Waals surface area contributed by atoms with E-state index >= 15 is 0 Å². The number of amides is 1. The SMILES string of the molecule is Cc1ncc(C(=C(C(N)=O)c2ccccc2)c2ccccc2C(F)(F)F)n1C.Cl. The highest BCUT2D eigenvalue weighted by atomic mass is 35.5. The lowest BCUT2D eigenvalue weighted by Gasteiger charge is -2.19. The van der Waals surface area contributed by atoms with Crippen LogP contribution in [-0.2, 0) is 18.0 Å². The van der Waals surface area contributed by atoms with Gasteiger partial charge in [0.1, 0.15) is 5.82 Å². The summed E-state index contributed by atoms with van der Waals surface area (Å²) in [6, 6.07) is 13.6. The third-order valence-corrected chi connectivity index (χ3v) is 4.54. The van der Waals surface area contributed by atoms with Gasteiger partial charge in [-0.15, -0.1) is 12.4 Å². The first-order valence-corrected chi connectivity index (χ1v) is 8.46. The first-order chi connectivity index (χ1) is 13.2. The topological polar surface area (TPSA) is 60.9 Å². The van der Waals surface area contributed by atoms with Gasteiger partial charge in [-0.3, -0.25) is 4.79 Å². The van der Waals surface area contributed by atoms with E-state index in [-0.39, 0.29) is 29.1 Å². The Morgan fingerprint density at radius 2 is 1.62 bits per heavy atom. The number of hydrogen-bond donors (Lipinski definition) is 1. The van der Waals surface area contributed by atoms with E-state index in [2.05, 4.69) is 4.98 Å². The van der Waals surface area contributed by atoms with Crippen LogP contribution >= 0.6 is 12.4 Å². The van der Waals surface area contributed by atoms with Crippen LogP contribution in [0.25, 0.3) is 11.1 Å². The summed E-state index contributed by atoms with van der Waals surface area (Å²) in [5.41, 5.74) is 5.57. The van der Waals surface area contributed by atoms with Crippen molar-refractivity contribution in [3.63, 3.8) is 0 Å². The van der Waals surface area contributed by atoms with Crippen LogP contribution in [0.1, 0.15) is 28.2 Å². The number of nitrogens with two attached hydrogens (primary N) is 1. The molecule has 0 bridgehead atoms. The maximum atomic E-state index is 13.7. The predicted octanol–water partition coefficient (Wildman–Crippen LogP) is 4.61. The van der Waals surface area contributed by atoms with Gasteiger partial charge in [0.25, 0.3) is 0 Å². The molecule has 0 aliphatic rings. The number of halogens is 4. The van der Waals surface area contributed by atoms with Crippen molar-refractivity contribution in [2.75, 3.05) is 0 Å². The molecule has 2 N–H and O–H groups in total. The molecule has 4 nitrogen and oxygen atoms in total. The van der Waals surface area contributed by atoms with Gasteiger partial charge in [-0.25, -0.2) is 4.98 Å². The lowest BCUT2D eigenvalue weighted by molar-refractivity contribution is -0.137. The summed E-state index contributed by atoms with van der Waals surface area (Å²) >= 11 is 0. The van der Waals surface area contributed by atoms with Crippen molar-refractivity contribution in [2.24, 2.45) is 12.8 Å². The number of carbonyl (C=O) groups is 1. The summed E-state index contributed by atoms with van der Waals surface area (Å²) in [4.78, 5) is 16.6. The van der Waals surface area contributed by atoms with Gasteiger partial charge in [-0.1, -0.05) is 48.5 Å². The summed E-state index contributed by atoms with van der Waals surface area (Å²) in [6.45, 7) is 1.73. The molecule has 0 atom stereocenters. The van der Waals surface area contributed by atoms with Gasteiger partial charge < -0.3 is 10.3 Å². The average Bonchev–Trinajstić information content (AvgIpc) is 2.98. The molecule has 0 radical (unpaired) electrons. The molecule has 29 heavy (non-hydrogen) atoms. The van der Waals surface area contributed by atoms with Crippen LogP contribution in [-0.4, -0.2) is 15.5 Å². The molecule has 0 unspecified atom stereocenters. The first-order valence-electron chi connectivity index (χ1n) is 8.46. The van der Waals surface area contributed by atoms with Crippen molar-refractivity contribution in [1.29, 1.82) is 0 Å². The number of aromatic nitrogens is 2. The minimum Gasteiger partial charge on any atom is -0.366 e. The highest BCUT2D eigenvalue weighted by Gasteiger charge is 2.35. The molecule has 2 aromatic carbocycles. The molecule has 3 aromatic rings. The Balaban J connectivity index is 0.00000300. The molecule has 1 heterocycles. The van der Waals surface area contributed by atoms with Crippen molar-refractivity contribution in [1.82, 2.24) is 9.55 Å². The third-order valence-electron chi connectivity index (χ3n) is 4.54. The first kappa shape index (κ1) is 22.2. The number of rotatable bonds is 4. The number of primary amides is 1. The maximum Gasteiger partial charge on any atom is 0.417 e. The smallest absolute Gasteiger partial charge is 0.366 e. The largest absolute Gasteiger partial charge is 0.417 e. The Morgan fingerprint density at radius 1 is 1.03 bits per heavy atom. The van der Waals surface area contributed by atoms with E-state index in [1.54, 1.807) is 48.9 Å². The summed E-state index contributed by atoms with van der Waals surface area (Å²) < 4.78 is 42.8. The van der Waals surface area contributed by atoms with Crippen molar-refractivity contribution < 1.29 is 18.0 Å². The molecule has 0 saturated heterocycles. The molecule has 0 aliphatic heterocycles. The number of aryl methyl sites for hydroxylation is 1. The monoisotopic (exact) mass is 421 g/mol. The zero-order chi connectivity index (χ0) is 20.5. The summed E-state index contributed by atoms with van der Waals surface area (Å²) in [5.74, 6) is -0.231. The maximum absolute atomic E-state index is 13.7. The lowest BCUT2D eigenvalue weighted by Crippen LogP contribution is -2.18. The van der Waals surface area contributed by atoms with Crippen LogP contribution in [0.5, 0.6) is 0 Å². The van der Waals surface area contributed by atoms with E-state index in [0.717, 1.165) is 6.07 Å². The third kappa shape index (κ3) is 4.35. The number of nitrogens with zero attached hydrogens (tertiary/aromatic N) is 2. The number of benzene rings is 2. The zero-order valence-corrected chi connectivity index (χ0v) is 16.5. The molecule has 1 amide bonds. The molecule has 0 spiro atoms. The molecule has 3 rings (SSSR count). The second kappa shape index (κ2) is 8.53. The molecule has 0 saturated carbocycles. The van der Waals surface area contributed by atoms with Crippen LogP contribution in [0, 0.1) is 6.92 Å². The Kier molecular flexibility index (Phi) is 6.54. The Labute approximate surface area is 172 Å². The highest BCUT2D eigenvalue weighted by molar-refractivity contribution is 6.28. The van der Waals surface area contributed by atoms with Gasteiger partial charge in [0.2, 0.25) is 5.91 Å². The Morgan fingerprint density at radius 3 is 2.14 bits per heavy atom. The van der Waals surface area contributed by atoms with Crippen molar-refractivity contribution in [3.8, 4) is 0 Å². The van der Waals surface area contributed by atoms with E-state index < -0.39 is 17.6 Å². The van der Waals surface area contributed by atoms with Crippen LogP contribution in [0.2, 0.25) is 0 Å². The fraction of sp³-hybridized carbons (Fsp3) is 0.143. The van der Waals surface area contributed by atoms with E-state index in [1.807, 2.05) is 0 Å². The Hall–Kier alpha value is -3.06. The number of hydrogen-bond acceptors (Lipinski definition) is 2. The fourth-order valence-electron chi connectivity index (χ4n) is 3.10. The second-order valence-electron chi connectivity index (χ2n) is 6.27. The quantitative estimate of drug-likeness (QED) is 0.494. The molecule has 8 heteroatoms. The summed E-state index contributed by atoms with van der Waals surface area (Å²) in [5, 5.41) is 0. The van der Waals surface area contributed by atoms with Gasteiger partial charge in [-0.2, -0.15) is 13.2 Å².